The van der Waals surface area contributed by atoms with Crippen LogP contribution >= 0.6 is 0 Å². The number of carbonyl (C=O) groups excluding carboxylic acids is 1. The average molecular weight is 412 g/mol. The molecule has 0 saturated heterocycles. The van der Waals surface area contributed by atoms with Crippen molar-refractivity contribution in [3.8, 4) is 17.0 Å². The fourth-order valence-electron chi connectivity index (χ4n) is 3.47. The number of hydrogen-bond acceptors (Lipinski definition) is 6. The van der Waals surface area contributed by atoms with Crippen molar-refractivity contribution in [2.45, 2.75) is 12.0 Å². The van der Waals surface area contributed by atoms with Crippen molar-refractivity contribution < 1.29 is 18.3 Å². The van der Waals surface area contributed by atoms with Crippen LogP contribution in [0.4, 0.5) is 8.78 Å². The molecule has 0 radical (unpaired) electrons. The summed E-state index contributed by atoms with van der Waals surface area (Å²) in [6.07, 6.45) is 0.0830. The van der Waals surface area contributed by atoms with Gasteiger partial charge in [-0.3, -0.25) is 19.8 Å². The molecule has 3 heterocycles. The van der Waals surface area contributed by atoms with E-state index in [1.165, 1.54) is 37.4 Å². The normalized spacial score (nSPS) is 18.8. The zero-order valence-electron chi connectivity index (χ0n) is 16.1. The van der Waals surface area contributed by atoms with Gasteiger partial charge in [0.1, 0.15) is 11.4 Å². The summed E-state index contributed by atoms with van der Waals surface area (Å²) in [7, 11) is 2.97. The molecule has 0 spiro atoms. The molecule has 0 aliphatic carbocycles. The molecule has 4 rings (SSSR count). The number of guanidine groups is 1. The van der Waals surface area contributed by atoms with Gasteiger partial charge in [0.15, 0.2) is 11.5 Å². The van der Waals surface area contributed by atoms with Gasteiger partial charge in [-0.25, -0.2) is 13.8 Å². The number of methoxy groups -OCH3 is 1. The number of hydrogen-bond donors (Lipinski definition) is 2. The number of halogens is 2. The summed E-state index contributed by atoms with van der Waals surface area (Å²) >= 11 is 0. The predicted molar refractivity (Wildman–Crippen MR) is 105 cm³/mol. The first-order valence-electron chi connectivity index (χ1n) is 8.94. The summed E-state index contributed by atoms with van der Waals surface area (Å²) in [5.41, 5.74) is 5.75. The van der Waals surface area contributed by atoms with E-state index in [2.05, 4.69) is 20.2 Å². The molecule has 1 aliphatic heterocycles. The van der Waals surface area contributed by atoms with E-state index in [0.29, 0.717) is 22.6 Å². The van der Waals surface area contributed by atoms with Gasteiger partial charge in [-0.15, -0.1) is 0 Å². The largest absolute Gasteiger partial charge is 0.497 e. The van der Waals surface area contributed by atoms with Gasteiger partial charge in [-0.1, -0.05) is 0 Å². The van der Waals surface area contributed by atoms with Crippen molar-refractivity contribution in [2.75, 3.05) is 14.2 Å². The molecule has 154 valence electrons. The number of aliphatic imine (C=N–C) groups is 1. The smallest absolute Gasteiger partial charge is 0.280 e. The maximum absolute atomic E-state index is 13.4. The molecule has 30 heavy (non-hydrogen) atoms. The molecule has 1 aromatic carbocycles. The first-order valence-corrected chi connectivity index (χ1v) is 8.94. The first kappa shape index (κ1) is 19.5. The molecule has 0 bridgehead atoms. The number of amides is 1. The lowest BCUT2D eigenvalue weighted by molar-refractivity contribution is -0.129. The highest BCUT2D eigenvalue weighted by atomic mass is 19.3. The Balaban J connectivity index is 2.01. The SMILES string of the molecule is COc1cc(-c2cc[nH]n2)cc(C2(c3ccnc(C(F)F)c3)N=C(N)N(C)C2=O)c1. The summed E-state index contributed by atoms with van der Waals surface area (Å²) < 4.78 is 32.1. The third-order valence-electron chi connectivity index (χ3n) is 5.02. The van der Waals surface area contributed by atoms with E-state index in [9.17, 15) is 13.6 Å². The number of carbonyl (C=O) groups is 1. The summed E-state index contributed by atoms with van der Waals surface area (Å²) in [5, 5.41) is 6.90. The lowest BCUT2D eigenvalue weighted by Crippen LogP contribution is -2.41. The van der Waals surface area contributed by atoms with Crippen LogP contribution in [0, 0.1) is 0 Å². The monoisotopic (exact) mass is 412 g/mol. The first-order chi connectivity index (χ1) is 14.4. The van der Waals surface area contributed by atoms with Crippen LogP contribution in [0.15, 0.2) is 53.8 Å². The third-order valence-corrected chi connectivity index (χ3v) is 5.02. The molecule has 3 N–H and O–H groups in total. The highest BCUT2D eigenvalue weighted by molar-refractivity contribution is 6.09. The topological polar surface area (TPSA) is 109 Å². The van der Waals surface area contributed by atoms with E-state index >= 15 is 0 Å². The van der Waals surface area contributed by atoms with Crippen LogP contribution in [0.3, 0.4) is 0 Å². The molecule has 2 aromatic heterocycles. The number of H-pyrrole nitrogens is 1. The van der Waals surface area contributed by atoms with Crippen molar-refractivity contribution in [1.82, 2.24) is 20.1 Å². The highest BCUT2D eigenvalue weighted by Crippen LogP contribution is 2.42. The number of alkyl halides is 2. The van der Waals surface area contributed by atoms with Crippen LogP contribution in [0.5, 0.6) is 5.75 Å². The minimum atomic E-state index is -2.80. The standard InChI is InChI=1S/C20H18F2N6O2/c1-28-18(29)20(26-19(28)23,12-3-5-24-16(10-12)17(21)22)13-7-11(8-14(9-13)30-2)15-4-6-25-27-15/h3-10,17H,1-2H3,(H2,23,26)(H,25,27). The summed E-state index contributed by atoms with van der Waals surface area (Å²) in [6, 6.07) is 9.51. The lowest BCUT2D eigenvalue weighted by Gasteiger charge is -2.27. The Morgan fingerprint density at radius 2 is 2.00 bits per heavy atom. The fourth-order valence-corrected chi connectivity index (χ4v) is 3.47. The number of benzene rings is 1. The Bertz CT molecular complexity index is 1130. The molecule has 1 unspecified atom stereocenters. The fraction of sp³-hybridized carbons (Fsp3) is 0.200. The summed E-state index contributed by atoms with van der Waals surface area (Å²) in [6.45, 7) is 0. The number of ether oxygens (including phenoxy) is 1. The second-order valence-corrected chi connectivity index (χ2v) is 6.72. The van der Waals surface area contributed by atoms with Crippen LogP contribution in [-0.4, -0.2) is 46.1 Å². The Labute approximate surface area is 170 Å². The Morgan fingerprint density at radius 1 is 1.20 bits per heavy atom. The number of pyridine rings is 1. The second kappa shape index (κ2) is 7.21. The van der Waals surface area contributed by atoms with Crippen molar-refractivity contribution >= 4 is 11.9 Å². The number of aromatic amines is 1. The van der Waals surface area contributed by atoms with Crippen LogP contribution < -0.4 is 10.5 Å². The number of rotatable bonds is 5. The van der Waals surface area contributed by atoms with Gasteiger partial charge in [0.2, 0.25) is 0 Å². The van der Waals surface area contributed by atoms with Gasteiger partial charge in [-0.2, -0.15) is 5.10 Å². The minimum Gasteiger partial charge on any atom is -0.497 e. The van der Waals surface area contributed by atoms with E-state index in [1.807, 2.05) is 0 Å². The van der Waals surface area contributed by atoms with Crippen molar-refractivity contribution in [2.24, 2.45) is 10.7 Å². The van der Waals surface area contributed by atoms with Crippen LogP contribution in [-0.2, 0) is 10.3 Å². The van der Waals surface area contributed by atoms with E-state index in [1.54, 1.807) is 30.5 Å². The lowest BCUT2D eigenvalue weighted by atomic mass is 9.82. The molecule has 8 nitrogen and oxygen atoms in total. The van der Waals surface area contributed by atoms with Gasteiger partial charge < -0.3 is 10.5 Å². The molecule has 0 saturated carbocycles. The van der Waals surface area contributed by atoms with Crippen LogP contribution in [0.25, 0.3) is 11.3 Å². The molecular weight excluding hydrogens is 394 g/mol. The predicted octanol–water partition coefficient (Wildman–Crippen LogP) is 2.45. The van der Waals surface area contributed by atoms with Gasteiger partial charge in [0.25, 0.3) is 12.3 Å². The maximum atomic E-state index is 13.4. The average Bonchev–Trinajstić information content (AvgIpc) is 3.37. The zero-order valence-corrected chi connectivity index (χ0v) is 16.1. The Kier molecular flexibility index (Phi) is 4.69. The van der Waals surface area contributed by atoms with E-state index in [4.69, 9.17) is 10.5 Å². The van der Waals surface area contributed by atoms with Crippen LogP contribution in [0.2, 0.25) is 0 Å². The molecule has 3 aromatic rings. The number of nitrogens with two attached hydrogens (primary N) is 1. The van der Waals surface area contributed by atoms with Crippen molar-refractivity contribution in [1.29, 1.82) is 0 Å². The number of likely N-dealkylation sites (N-methyl/N-ethyl adjacent to an activating group) is 1. The molecule has 1 amide bonds. The molecule has 0 fully saturated rings. The molecule has 1 aliphatic rings. The van der Waals surface area contributed by atoms with Crippen molar-refractivity contribution in [3.63, 3.8) is 0 Å². The van der Waals surface area contributed by atoms with E-state index < -0.39 is 23.6 Å². The number of nitrogens with zero attached hydrogens (tertiary/aromatic N) is 4. The quantitative estimate of drug-likeness (QED) is 0.669. The second-order valence-electron chi connectivity index (χ2n) is 6.72. The van der Waals surface area contributed by atoms with E-state index in [-0.39, 0.29) is 11.5 Å². The van der Waals surface area contributed by atoms with Crippen molar-refractivity contribution in [3.05, 3.63) is 65.6 Å². The summed E-state index contributed by atoms with van der Waals surface area (Å²) in [5.74, 6) is -0.0589. The van der Waals surface area contributed by atoms with Gasteiger partial charge in [0, 0.05) is 25.0 Å². The Morgan fingerprint density at radius 3 is 2.60 bits per heavy atom. The molecule has 10 heteroatoms. The Hall–Kier alpha value is -3.82. The third kappa shape index (κ3) is 2.97. The maximum Gasteiger partial charge on any atom is 0.280 e. The van der Waals surface area contributed by atoms with Crippen LogP contribution in [0.1, 0.15) is 23.2 Å². The van der Waals surface area contributed by atoms with Gasteiger partial charge in [-0.05, 0) is 47.5 Å². The minimum absolute atomic E-state index is 0.0282. The number of aromatic nitrogens is 3. The zero-order chi connectivity index (χ0) is 21.5. The highest BCUT2D eigenvalue weighted by Gasteiger charge is 2.50. The molecular formula is C20H18F2N6O2. The van der Waals surface area contributed by atoms with Gasteiger partial charge in [0.05, 0.1) is 12.8 Å². The molecule has 1 atom stereocenters. The van der Waals surface area contributed by atoms with E-state index in [0.717, 1.165) is 0 Å². The number of nitrogens with one attached hydrogen (secondary N) is 1. The summed E-state index contributed by atoms with van der Waals surface area (Å²) in [4.78, 5) is 22.7. The van der Waals surface area contributed by atoms with Gasteiger partial charge >= 0.3 is 0 Å².